The summed E-state index contributed by atoms with van der Waals surface area (Å²) >= 11 is 3.46. The summed E-state index contributed by atoms with van der Waals surface area (Å²) in [5.74, 6) is -0.750. The minimum Gasteiger partial charge on any atom is -0.382 e. The quantitative estimate of drug-likeness (QED) is 0.587. The summed E-state index contributed by atoms with van der Waals surface area (Å²) in [5.41, 5.74) is 1.85. The molecule has 0 bridgehead atoms. The Kier molecular flexibility index (Phi) is 7.73. The first-order valence-corrected chi connectivity index (χ1v) is 10.7. The molecule has 1 heterocycles. The molecule has 0 aromatic heterocycles. The third-order valence-corrected chi connectivity index (χ3v) is 5.68. The van der Waals surface area contributed by atoms with E-state index in [-0.39, 0.29) is 18.5 Å². The van der Waals surface area contributed by atoms with E-state index in [0.717, 1.165) is 27.7 Å². The van der Waals surface area contributed by atoms with Crippen molar-refractivity contribution in [2.75, 3.05) is 26.8 Å². The molecular weight excluding hydrogens is 489 g/mol. The summed E-state index contributed by atoms with van der Waals surface area (Å²) in [6, 6.07) is 10.1. The van der Waals surface area contributed by atoms with E-state index in [1.165, 1.54) is 24.3 Å². The molecule has 0 fully saturated rings. The van der Waals surface area contributed by atoms with Crippen LogP contribution < -0.4 is 5.32 Å². The van der Waals surface area contributed by atoms with Gasteiger partial charge in [0.15, 0.2) is 0 Å². The molecule has 2 amide bonds. The van der Waals surface area contributed by atoms with Crippen LogP contribution in [0.15, 0.2) is 53.0 Å². The van der Waals surface area contributed by atoms with E-state index >= 15 is 0 Å². The zero-order chi connectivity index (χ0) is 23.3. The van der Waals surface area contributed by atoms with Crippen LogP contribution >= 0.6 is 15.9 Å². The summed E-state index contributed by atoms with van der Waals surface area (Å²) in [7, 11) is 1.57. The zero-order valence-corrected chi connectivity index (χ0v) is 18.9. The number of hydrogen-bond acceptors (Lipinski definition) is 3. The second kappa shape index (κ2) is 10.3. The lowest BCUT2D eigenvalue weighted by atomic mass is 9.93. The fourth-order valence-corrected chi connectivity index (χ4v) is 4.00. The second-order valence-corrected chi connectivity index (χ2v) is 8.24. The van der Waals surface area contributed by atoms with Crippen molar-refractivity contribution in [3.63, 3.8) is 0 Å². The number of nitrogens with one attached hydrogen (secondary N) is 1. The molecule has 170 valence electrons. The van der Waals surface area contributed by atoms with E-state index < -0.39 is 17.6 Å². The molecule has 9 heteroatoms. The van der Waals surface area contributed by atoms with Crippen LogP contribution in [0.25, 0.3) is 6.08 Å². The fraction of sp³-hybridized carbons (Fsp3) is 0.304. The van der Waals surface area contributed by atoms with Crippen molar-refractivity contribution in [2.45, 2.75) is 18.6 Å². The first-order valence-electron chi connectivity index (χ1n) is 9.89. The first kappa shape index (κ1) is 24.0. The maximum absolute atomic E-state index is 12.8. The largest absolute Gasteiger partial charge is 0.416 e. The van der Waals surface area contributed by atoms with Gasteiger partial charge in [-0.25, -0.2) is 0 Å². The SMILES string of the molecule is COCC1c2ccc(Br)cc2CCN1C(=O)CNC(=O)/C=C/c1ccc(C(F)(F)F)cc1. The number of alkyl halides is 3. The number of ether oxygens (including phenoxy) is 1. The van der Waals surface area contributed by atoms with Gasteiger partial charge in [-0.1, -0.05) is 34.1 Å². The summed E-state index contributed by atoms with van der Waals surface area (Å²) in [4.78, 5) is 26.6. The summed E-state index contributed by atoms with van der Waals surface area (Å²) in [6.07, 6.45) is -1.14. The van der Waals surface area contributed by atoms with E-state index in [0.29, 0.717) is 25.1 Å². The van der Waals surface area contributed by atoms with Crippen LogP contribution in [0.1, 0.15) is 28.3 Å². The number of methoxy groups -OCH3 is 1. The Bertz CT molecular complexity index is 1010. The lowest BCUT2D eigenvalue weighted by Crippen LogP contribution is -2.46. The van der Waals surface area contributed by atoms with Crippen LogP contribution in [0, 0.1) is 0 Å². The highest BCUT2D eigenvalue weighted by Gasteiger charge is 2.31. The minimum absolute atomic E-state index is 0.192. The number of benzene rings is 2. The normalized spacial score (nSPS) is 16.2. The monoisotopic (exact) mass is 510 g/mol. The molecule has 0 radical (unpaired) electrons. The average Bonchev–Trinajstić information content (AvgIpc) is 2.76. The van der Waals surface area contributed by atoms with Crippen molar-refractivity contribution in [2.24, 2.45) is 0 Å². The summed E-state index contributed by atoms with van der Waals surface area (Å²) in [5, 5.41) is 2.54. The highest BCUT2D eigenvalue weighted by molar-refractivity contribution is 9.10. The molecule has 2 aromatic carbocycles. The molecule has 2 aromatic rings. The van der Waals surface area contributed by atoms with Gasteiger partial charge in [-0.15, -0.1) is 0 Å². The molecule has 0 saturated carbocycles. The predicted octanol–water partition coefficient (Wildman–Crippen LogP) is 4.37. The Labute approximate surface area is 192 Å². The average molecular weight is 511 g/mol. The molecule has 5 nitrogen and oxygen atoms in total. The van der Waals surface area contributed by atoms with Crippen LogP contribution in [-0.4, -0.2) is 43.5 Å². The number of fused-ring (bicyclic) bond motifs is 1. The van der Waals surface area contributed by atoms with Gasteiger partial charge >= 0.3 is 6.18 Å². The van der Waals surface area contributed by atoms with Crippen molar-refractivity contribution in [3.8, 4) is 0 Å². The number of amides is 2. The Morgan fingerprint density at radius 3 is 2.59 bits per heavy atom. The number of halogens is 4. The molecular formula is C23H22BrF3N2O3. The minimum atomic E-state index is -4.41. The second-order valence-electron chi connectivity index (χ2n) is 7.32. The summed E-state index contributed by atoms with van der Waals surface area (Å²) < 4.78 is 44.1. The number of rotatable bonds is 6. The maximum Gasteiger partial charge on any atom is 0.416 e. The third kappa shape index (κ3) is 5.98. The maximum atomic E-state index is 12.8. The predicted molar refractivity (Wildman–Crippen MR) is 118 cm³/mol. The van der Waals surface area contributed by atoms with Crippen LogP contribution in [0.4, 0.5) is 13.2 Å². The smallest absolute Gasteiger partial charge is 0.382 e. The van der Waals surface area contributed by atoms with Gasteiger partial charge in [0.05, 0.1) is 24.8 Å². The zero-order valence-electron chi connectivity index (χ0n) is 17.3. The van der Waals surface area contributed by atoms with Gasteiger partial charge in [0.25, 0.3) is 0 Å². The van der Waals surface area contributed by atoms with Gasteiger partial charge in [-0.05, 0) is 53.5 Å². The number of carbonyl (C=O) groups is 2. The van der Waals surface area contributed by atoms with E-state index in [1.807, 2.05) is 18.2 Å². The molecule has 1 aliphatic heterocycles. The fourth-order valence-electron chi connectivity index (χ4n) is 3.59. The molecule has 1 N–H and O–H groups in total. The Morgan fingerprint density at radius 1 is 1.22 bits per heavy atom. The van der Waals surface area contributed by atoms with Gasteiger partial charge < -0.3 is 15.0 Å². The van der Waals surface area contributed by atoms with Gasteiger partial charge in [0, 0.05) is 24.2 Å². The van der Waals surface area contributed by atoms with Gasteiger partial charge in [-0.3, -0.25) is 9.59 Å². The lowest BCUT2D eigenvalue weighted by molar-refractivity contribution is -0.137. The van der Waals surface area contributed by atoms with Crippen molar-refractivity contribution >= 4 is 33.8 Å². The van der Waals surface area contributed by atoms with Gasteiger partial charge in [-0.2, -0.15) is 13.2 Å². The molecule has 3 rings (SSSR count). The number of hydrogen-bond donors (Lipinski definition) is 1. The molecule has 1 aliphatic rings. The molecule has 1 unspecified atom stereocenters. The Balaban J connectivity index is 1.59. The van der Waals surface area contributed by atoms with E-state index in [1.54, 1.807) is 12.0 Å². The molecule has 1 atom stereocenters. The first-order chi connectivity index (χ1) is 15.2. The topological polar surface area (TPSA) is 58.6 Å². The number of nitrogens with zero attached hydrogens (tertiary/aromatic N) is 1. The highest BCUT2D eigenvalue weighted by atomic mass is 79.9. The van der Waals surface area contributed by atoms with Crippen LogP contribution in [0.2, 0.25) is 0 Å². The molecule has 32 heavy (non-hydrogen) atoms. The molecule has 0 aliphatic carbocycles. The van der Waals surface area contributed by atoms with Crippen LogP contribution in [0.5, 0.6) is 0 Å². The third-order valence-electron chi connectivity index (χ3n) is 5.19. The molecule has 0 saturated heterocycles. The Hall–Kier alpha value is -2.65. The van der Waals surface area contributed by atoms with E-state index in [4.69, 9.17) is 4.74 Å². The van der Waals surface area contributed by atoms with Crippen molar-refractivity contribution in [1.82, 2.24) is 10.2 Å². The summed E-state index contributed by atoms with van der Waals surface area (Å²) in [6.45, 7) is 0.651. The van der Waals surface area contributed by atoms with Gasteiger partial charge in [0.2, 0.25) is 11.8 Å². The van der Waals surface area contributed by atoms with Crippen molar-refractivity contribution in [1.29, 1.82) is 0 Å². The highest BCUT2D eigenvalue weighted by Crippen LogP contribution is 2.32. The van der Waals surface area contributed by atoms with Crippen molar-refractivity contribution in [3.05, 3.63) is 75.3 Å². The standard InChI is InChI=1S/C23H22BrF3N2O3/c1-32-14-20-19-8-7-18(24)12-16(19)10-11-29(20)22(31)13-28-21(30)9-4-15-2-5-17(6-3-15)23(25,26)27/h2-9,12,20H,10-11,13-14H2,1H3,(H,28,30)/b9-4+. The number of carbonyl (C=O) groups excluding carboxylic acids is 2. The van der Waals surface area contributed by atoms with Gasteiger partial charge in [0.1, 0.15) is 0 Å². The van der Waals surface area contributed by atoms with E-state index in [9.17, 15) is 22.8 Å². The lowest BCUT2D eigenvalue weighted by Gasteiger charge is -2.37. The van der Waals surface area contributed by atoms with Crippen molar-refractivity contribution < 1.29 is 27.5 Å². The van der Waals surface area contributed by atoms with Crippen LogP contribution in [0.3, 0.4) is 0 Å². The molecule has 0 spiro atoms. The van der Waals surface area contributed by atoms with E-state index in [2.05, 4.69) is 21.2 Å². The Morgan fingerprint density at radius 2 is 1.94 bits per heavy atom. The van der Waals surface area contributed by atoms with Crippen LogP contribution in [-0.2, 0) is 26.9 Å².